The van der Waals surface area contributed by atoms with E-state index in [9.17, 15) is 22.8 Å². The van der Waals surface area contributed by atoms with Crippen molar-refractivity contribution in [1.29, 1.82) is 0 Å². The van der Waals surface area contributed by atoms with Crippen molar-refractivity contribution in [3.63, 3.8) is 0 Å². The lowest BCUT2D eigenvalue weighted by Crippen LogP contribution is -2.56. The molecule has 5 rings (SSSR count). The summed E-state index contributed by atoms with van der Waals surface area (Å²) in [4.78, 5) is 45.8. The Morgan fingerprint density at radius 1 is 1.19 bits per heavy atom. The predicted molar refractivity (Wildman–Crippen MR) is 153 cm³/mol. The van der Waals surface area contributed by atoms with E-state index in [0.717, 1.165) is 5.39 Å². The minimum Gasteiger partial charge on any atom is -0.497 e. The molecule has 0 unspecified atom stereocenters. The second-order valence-electron chi connectivity index (χ2n) is 12.0. The number of fused-ring (bicyclic) bond motifs is 1. The standard InChI is InChI=1S/C29H36N4O8S/c1-6-18-15-29(18,26(35)32-42(37,38)21-9-10-21)31-24(34)23-14-20(16-33(23)27(36)41-28(2,3)4)40-25-22-13-19(39-5)8-7-17(22)11-12-30-25/h6-8,11-13,18,20-21,23H,1,9-10,14-16H2,2-5H3,(H,31,34)(H,32,35)/t18-,20-,23+,29-/m1/s1. The van der Waals surface area contributed by atoms with Gasteiger partial charge in [-0.1, -0.05) is 12.1 Å². The summed E-state index contributed by atoms with van der Waals surface area (Å²) in [7, 11) is -2.27. The number of methoxy groups -OCH3 is 1. The number of ether oxygens (including phenoxy) is 3. The van der Waals surface area contributed by atoms with Crippen molar-refractivity contribution in [2.75, 3.05) is 13.7 Å². The van der Waals surface area contributed by atoms with Crippen molar-refractivity contribution in [1.82, 2.24) is 19.9 Å². The largest absolute Gasteiger partial charge is 0.497 e. The zero-order valence-corrected chi connectivity index (χ0v) is 24.9. The Hall–Kier alpha value is -3.87. The highest BCUT2D eigenvalue weighted by atomic mass is 32.2. The van der Waals surface area contributed by atoms with Gasteiger partial charge in [-0.25, -0.2) is 18.2 Å². The van der Waals surface area contributed by atoms with Crippen LogP contribution in [0.5, 0.6) is 11.6 Å². The zero-order chi connectivity index (χ0) is 30.4. The Morgan fingerprint density at radius 3 is 2.55 bits per heavy atom. The number of rotatable bonds is 9. The SMILES string of the molecule is C=C[C@@H]1C[C@]1(NC(=O)[C@@H]1C[C@@H](Oc2nccc3ccc(OC)cc23)CN1C(=O)OC(C)(C)C)C(=O)NS(=O)(=O)C1CC1. The summed E-state index contributed by atoms with van der Waals surface area (Å²) in [6.07, 6.45) is 3.02. The maximum atomic E-state index is 13.7. The number of sulfonamides is 1. The van der Waals surface area contributed by atoms with Crippen LogP contribution in [0, 0.1) is 5.92 Å². The molecule has 0 spiro atoms. The van der Waals surface area contributed by atoms with Crippen molar-refractivity contribution < 1.29 is 37.0 Å². The van der Waals surface area contributed by atoms with Gasteiger partial charge in [0.15, 0.2) is 0 Å². The second kappa shape index (κ2) is 10.8. The summed E-state index contributed by atoms with van der Waals surface area (Å²) >= 11 is 0. The summed E-state index contributed by atoms with van der Waals surface area (Å²) in [6, 6.07) is 6.27. The average molecular weight is 601 g/mol. The lowest BCUT2D eigenvalue weighted by Gasteiger charge is -2.29. The topological polar surface area (TPSA) is 153 Å². The fourth-order valence-electron chi connectivity index (χ4n) is 5.17. The van der Waals surface area contributed by atoms with Gasteiger partial charge in [0.1, 0.15) is 29.0 Å². The van der Waals surface area contributed by atoms with Crippen molar-refractivity contribution in [2.24, 2.45) is 5.92 Å². The van der Waals surface area contributed by atoms with Crippen molar-refractivity contribution in [2.45, 2.75) is 75.0 Å². The number of carbonyl (C=O) groups excluding carboxylic acids is 3. The van der Waals surface area contributed by atoms with E-state index >= 15 is 0 Å². The van der Waals surface area contributed by atoms with E-state index in [1.807, 2.05) is 18.2 Å². The number of carbonyl (C=O) groups is 3. The van der Waals surface area contributed by atoms with Crippen LogP contribution in [0.4, 0.5) is 4.79 Å². The molecule has 13 heteroatoms. The first-order valence-electron chi connectivity index (χ1n) is 13.9. The highest BCUT2D eigenvalue weighted by molar-refractivity contribution is 7.91. The third-order valence-corrected chi connectivity index (χ3v) is 9.48. The molecule has 3 amide bonds. The summed E-state index contributed by atoms with van der Waals surface area (Å²) in [5.74, 6) is -0.960. The monoisotopic (exact) mass is 600 g/mol. The van der Waals surface area contributed by atoms with Crippen LogP contribution in [0.3, 0.4) is 0 Å². The molecule has 0 bridgehead atoms. The molecule has 2 saturated carbocycles. The molecular weight excluding hydrogens is 564 g/mol. The average Bonchev–Trinajstić information content (AvgIpc) is 3.84. The molecule has 2 heterocycles. The maximum Gasteiger partial charge on any atom is 0.411 e. The fraction of sp³-hybridized carbons (Fsp3) is 0.517. The fourth-order valence-corrected chi connectivity index (χ4v) is 6.54. The molecule has 4 atom stereocenters. The minimum absolute atomic E-state index is 0.0230. The van der Waals surface area contributed by atoms with Crippen molar-refractivity contribution >= 4 is 38.7 Å². The third kappa shape index (κ3) is 6.01. The number of benzene rings is 1. The third-order valence-electron chi connectivity index (χ3n) is 7.66. The zero-order valence-electron chi connectivity index (χ0n) is 24.1. The van der Waals surface area contributed by atoms with E-state index in [2.05, 4.69) is 21.6 Å². The molecule has 1 aliphatic heterocycles. The smallest absolute Gasteiger partial charge is 0.411 e. The van der Waals surface area contributed by atoms with Gasteiger partial charge in [0.25, 0.3) is 5.91 Å². The van der Waals surface area contributed by atoms with Gasteiger partial charge in [0.2, 0.25) is 21.8 Å². The van der Waals surface area contributed by atoms with Crippen LogP contribution >= 0.6 is 0 Å². The van der Waals surface area contributed by atoms with Crippen molar-refractivity contribution in [3.05, 3.63) is 43.1 Å². The quantitative estimate of drug-likeness (QED) is 0.414. The summed E-state index contributed by atoms with van der Waals surface area (Å²) in [5.41, 5.74) is -2.30. The van der Waals surface area contributed by atoms with Gasteiger partial charge in [0.05, 0.1) is 18.9 Å². The normalized spacial score (nSPS) is 25.4. The Kier molecular flexibility index (Phi) is 7.58. The molecule has 2 aromatic rings. The number of nitrogens with one attached hydrogen (secondary N) is 2. The molecule has 2 N–H and O–H groups in total. The van der Waals surface area contributed by atoms with E-state index in [-0.39, 0.29) is 19.4 Å². The summed E-state index contributed by atoms with van der Waals surface area (Å²) in [6.45, 7) is 8.91. The number of amides is 3. The lowest BCUT2D eigenvalue weighted by molar-refractivity contribution is -0.131. The molecule has 42 heavy (non-hydrogen) atoms. The Balaban J connectivity index is 1.38. The molecule has 2 aliphatic carbocycles. The van der Waals surface area contributed by atoms with E-state index in [1.165, 1.54) is 11.0 Å². The van der Waals surface area contributed by atoms with Gasteiger partial charge in [-0.05, 0) is 63.6 Å². The molecule has 1 aromatic heterocycles. The molecule has 3 fully saturated rings. The van der Waals surface area contributed by atoms with Crippen LogP contribution in [0.15, 0.2) is 43.1 Å². The number of pyridine rings is 1. The molecule has 0 radical (unpaired) electrons. The molecule has 3 aliphatic rings. The van der Waals surface area contributed by atoms with Gasteiger partial charge >= 0.3 is 6.09 Å². The Bertz CT molecular complexity index is 1530. The maximum absolute atomic E-state index is 13.7. The first-order valence-corrected chi connectivity index (χ1v) is 15.4. The Labute approximate surface area is 244 Å². The predicted octanol–water partition coefficient (Wildman–Crippen LogP) is 2.67. The van der Waals surface area contributed by atoms with E-state index in [0.29, 0.717) is 29.9 Å². The van der Waals surface area contributed by atoms with Crippen LogP contribution in [-0.2, 0) is 24.3 Å². The van der Waals surface area contributed by atoms with Crippen molar-refractivity contribution in [3.8, 4) is 11.6 Å². The number of hydrogen-bond donors (Lipinski definition) is 2. The van der Waals surface area contributed by atoms with Gasteiger partial charge in [0, 0.05) is 23.9 Å². The lowest BCUT2D eigenvalue weighted by atomic mass is 10.1. The number of nitrogens with zero attached hydrogens (tertiary/aromatic N) is 2. The van der Waals surface area contributed by atoms with Crippen LogP contribution in [0.1, 0.15) is 46.5 Å². The van der Waals surface area contributed by atoms with E-state index in [1.54, 1.807) is 40.1 Å². The van der Waals surface area contributed by atoms with Crippen LogP contribution in [-0.4, -0.2) is 78.4 Å². The first-order chi connectivity index (χ1) is 19.8. The van der Waals surface area contributed by atoms with Crippen LogP contribution in [0.2, 0.25) is 0 Å². The van der Waals surface area contributed by atoms with E-state index < -0.39 is 62.4 Å². The molecule has 226 valence electrons. The molecule has 12 nitrogen and oxygen atoms in total. The van der Waals surface area contributed by atoms with E-state index in [4.69, 9.17) is 14.2 Å². The van der Waals surface area contributed by atoms with Crippen LogP contribution < -0.4 is 19.5 Å². The minimum atomic E-state index is -3.83. The van der Waals surface area contributed by atoms with Gasteiger partial charge in [-0.3, -0.25) is 19.2 Å². The Morgan fingerprint density at radius 2 is 1.93 bits per heavy atom. The summed E-state index contributed by atoms with van der Waals surface area (Å²) < 4.78 is 44.2. The number of aromatic nitrogens is 1. The molecule has 1 aromatic carbocycles. The highest BCUT2D eigenvalue weighted by Crippen LogP contribution is 2.45. The summed E-state index contributed by atoms with van der Waals surface area (Å²) in [5, 5.41) is 3.71. The highest BCUT2D eigenvalue weighted by Gasteiger charge is 2.62. The number of hydrogen-bond acceptors (Lipinski definition) is 9. The molecular formula is C29H36N4O8S. The second-order valence-corrected chi connectivity index (χ2v) is 14.0. The van der Waals surface area contributed by atoms with Gasteiger partial charge in [-0.2, -0.15) is 0 Å². The van der Waals surface area contributed by atoms with Crippen LogP contribution in [0.25, 0.3) is 10.8 Å². The van der Waals surface area contributed by atoms with Gasteiger partial charge in [-0.15, -0.1) is 6.58 Å². The molecule has 1 saturated heterocycles. The first kappa shape index (κ1) is 29.6. The number of likely N-dealkylation sites (tertiary alicyclic amines) is 1. The van der Waals surface area contributed by atoms with Gasteiger partial charge < -0.3 is 19.5 Å².